The van der Waals surface area contributed by atoms with Crippen LogP contribution < -0.4 is 0 Å². The van der Waals surface area contributed by atoms with Gasteiger partial charge in [0.15, 0.2) is 0 Å². The molecule has 1 aromatic rings. The van der Waals surface area contributed by atoms with Gasteiger partial charge in [-0.05, 0) is 66.7 Å². The topological polar surface area (TPSA) is 37.4 Å². The number of hydrogen-bond donors (Lipinski definition) is 0. The zero-order valence-corrected chi connectivity index (χ0v) is 17.8. The number of unbranched alkanes of at least 4 members (excludes halogenated alkanes) is 3. The predicted octanol–water partition coefficient (Wildman–Crippen LogP) is 6.02. The third-order valence-electron chi connectivity index (χ3n) is 6.40. The smallest absolute Gasteiger partial charge is 0.254 e. The van der Waals surface area contributed by atoms with Crippen molar-refractivity contribution in [1.82, 2.24) is 4.90 Å². The fourth-order valence-corrected chi connectivity index (χ4v) is 4.94. The molecule has 3 rings (SSSR count). The second-order valence-corrected chi connectivity index (χ2v) is 8.38. The molecule has 0 saturated heterocycles. The summed E-state index contributed by atoms with van der Waals surface area (Å²) in [6.07, 6.45) is 14.3. The van der Waals surface area contributed by atoms with E-state index in [1.807, 2.05) is 0 Å². The van der Waals surface area contributed by atoms with E-state index in [1.165, 1.54) is 77.8 Å². The lowest BCUT2D eigenvalue weighted by Gasteiger charge is -2.23. The van der Waals surface area contributed by atoms with E-state index >= 15 is 0 Å². The monoisotopic (exact) mass is 381 g/mol. The Morgan fingerprint density at radius 2 is 1.54 bits per heavy atom. The van der Waals surface area contributed by atoms with Gasteiger partial charge < -0.3 is 0 Å². The highest BCUT2D eigenvalue weighted by molar-refractivity contribution is 6.13. The number of rotatable bonds is 10. The Hall–Kier alpha value is -1.90. The first-order valence-electron chi connectivity index (χ1n) is 11.3. The highest BCUT2D eigenvalue weighted by atomic mass is 16.2. The van der Waals surface area contributed by atoms with Crippen molar-refractivity contribution >= 4 is 11.8 Å². The molecule has 0 unspecified atom stereocenters. The summed E-state index contributed by atoms with van der Waals surface area (Å²) in [6, 6.07) is 4.42. The van der Waals surface area contributed by atoms with Crippen molar-refractivity contribution in [3.63, 3.8) is 0 Å². The maximum atomic E-state index is 12.4. The summed E-state index contributed by atoms with van der Waals surface area (Å²) in [6.45, 7) is 6.73. The molecule has 152 valence electrons. The van der Waals surface area contributed by atoms with Crippen LogP contribution in [0.4, 0.5) is 0 Å². The van der Waals surface area contributed by atoms with E-state index in [-0.39, 0.29) is 17.9 Å². The SMILES string of the molecule is CCCCc1ccc2c(c1CCCC)[C@@H](CCCC)C[C@@H]2N1C(=O)C=CC1=O. The molecule has 3 heteroatoms. The van der Waals surface area contributed by atoms with Crippen molar-refractivity contribution in [3.8, 4) is 0 Å². The number of carbonyl (C=O) groups is 2. The quantitative estimate of drug-likeness (QED) is 0.465. The molecule has 2 aliphatic rings. The largest absolute Gasteiger partial charge is 0.269 e. The van der Waals surface area contributed by atoms with E-state index in [4.69, 9.17) is 0 Å². The van der Waals surface area contributed by atoms with Crippen LogP contribution in [0.15, 0.2) is 24.3 Å². The van der Waals surface area contributed by atoms with Crippen LogP contribution in [0.1, 0.15) is 106 Å². The molecule has 2 amide bonds. The summed E-state index contributed by atoms with van der Waals surface area (Å²) >= 11 is 0. The Kier molecular flexibility index (Phi) is 7.09. The first kappa shape index (κ1) is 20.8. The molecule has 3 nitrogen and oxygen atoms in total. The molecule has 0 bridgehead atoms. The number of hydrogen-bond acceptors (Lipinski definition) is 2. The summed E-state index contributed by atoms with van der Waals surface area (Å²) in [5, 5.41) is 0. The van der Waals surface area contributed by atoms with Crippen LogP contribution in [-0.2, 0) is 22.4 Å². The first-order chi connectivity index (χ1) is 13.6. The molecular formula is C25H35NO2. The van der Waals surface area contributed by atoms with E-state index in [9.17, 15) is 9.59 Å². The molecule has 28 heavy (non-hydrogen) atoms. The van der Waals surface area contributed by atoms with Crippen LogP contribution >= 0.6 is 0 Å². The lowest BCUT2D eigenvalue weighted by atomic mass is 9.85. The van der Waals surface area contributed by atoms with Crippen LogP contribution in [-0.4, -0.2) is 16.7 Å². The Balaban J connectivity index is 2.03. The summed E-state index contributed by atoms with van der Waals surface area (Å²) in [7, 11) is 0. The zero-order valence-electron chi connectivity index (χ0n) is 17.8. The number of benzene rings is 1. The fourth-order valence-electron chi connectivity index (χ4n) is 4.94. The minimum atomic E-state index is -0.151. The van der Waals surface area contributed by atoms with Gasteiger partial charge in [-0.25, -0.2) is 0 Å². The van der Waals surface area contributed by atoms with E-state index in [2.05, 4.69) is 32.9 Å². The zero-order chi connectivity index (χ0) is 20.1. The van der Waals surface area contributed by atoms with E-state index < -0.39 is 0 Å². The summed E-state index contributed by atoms with van der Waals surface area (Å²) in [5.41, 5.74) is 5.74. The highest BCUT2D eigenvalue weighted by Gasteiger charge is 2.41. The molecule has 0 aromatic heterocycles. The Labute approximate surface area is 170 Å². The molecule has 0 radical (unpaired) electrons. The average Bonchev–Trinajstić information content (AvgIpc) is 3.22. The normalized spacial score (nSPS) is 21.0. The molecular weight excluding hydrogens is 346 g/mol. The van der Waals surface area contributed by atoms with Gasteiger partial charge in [0.2, 0.25) is 0 Å². The predicted molar refractivity (Wildman–Crippen MR) is 114 cm³/mol. The number of carbonyl (C=O) groups excluding carboxylic acids is 2. The summed E-state index contributed by atoms with van der Waals surface area (Å²) in [4.78, 5) is 26.3. The van der Waals surface area contributed by atoms with Crippen molar-refractivity contribution < 1.29 is 9.59 Å². The molecule has 1 aromatic carbocycles. The van der Waals surface area contributed by atoms with Crippen molar-refractivity contribution in [2.75, 3.05) is 0 Å². The van der Waals surface area contributed by atoms with Gasteiger partial charge in [-0.15, -0.1) is 0 Å². The van der Waals surface area contributed by atoms with Gasteiger partial charge in [-0.3, -0.25) is 14.5 Å². The van der Waals surface area contributed by atoms with Crippen molar-refractivity contribution in [1.29, 1.82) is 0 Å². The fraction of sp³-hybridized carbons (Fsp3) is 0.600. The second kappa shape index (κ2) is 9.54. The van der Waals surface area contributed by atoms with Crippen LogP contribution in [0.3, 0.4) is 0 Å². The van der Waals surface area contributed by atoms with Gasteiger partial charge in [0.1, 0.15) is 0 Å². The molecule has 0 spiro atoms. The van der Waals surface area contributed by atoms with Gasteiger partial charge >= 0.3 is 0 Å². The molecule has 1 aliphatic heterocycles. The van der Waals surface area contributed by atoms with Gasteiger partial charge in [0.05, 0.1) is 6.04 Å². The standard InChI is InChI=1S/C25H35NO2/c1-4-7-10-18-13-14-21-22(26-23(27)15-16-24(26)28)17-19(11-8-5-2)25(21)20(18)12-9-6-3/h13-16,19,22H,4-12,17H2,1-3H3/t19-,22-/m0/s1. The van der Waals surface area contributed by atoms with E-state index in [1.54, 1.807) is 0 Å². The van der Waals surface area contributed by atoms with E-state index in [0.29, 0.717) is 5.92 Å². The van der Waals surface area contributed by atoms with Crippen molar-refractivity contribution in [3.05, 3.63) is 46.5 Å². The van der Waals surface area contributed by atoms with Crippen LogP contribution in [0, 0.1) is 0 Å². The minimum absolute atomic E-state index is 0.0903. The number of fused-ring (bicyclic) bond motifs is 1. The Bertz CT molecular complexity index is 731. The van der Waals surface area contributed by atoms with Gasteiger partial charge in [-0.1, -0.05) is 58.6 Å². The molecule has 0 fully saturated rings. The number of amides is 2. The van der Waals surface area contributed by atoms with Gasteiger partial charge in [-0.2, -0.15) is 0 Å². The van der Waals surface area contributed by atoms with Crippen molar-refractivity contribution in [2.45, 2.75) is 96.9 Å². The molecule has 1 aliphatic carbocycles. The second-order valence-electron chi connectivity index (χ2n) is 8.38. The maximum Gasteiger partial charge on any atom is 0.254 e. The third-order valence-corrected chi connectivity index (χ3v) is 6.40. The Morgan fingerprint density at radius 1 is 0.893 bits per heavy atom. The van der Waals surface area contributed by atoms with Gasteiger partial charge in [0.25, 0.3) is 11.8 Å². The first-order valence-corrected chi connectivity index (χ1v) is 11.3. The molecule has 2 atom stereocenters. The average molecular weight is 382 g/mol. The molecule has 1 heterocycles. The van der Waals surface area contributed by atoms with Gasteiger partial charge in [0, 0.05) is 12.2 Å². The third kappa shape index (κ3) is 4.09. The van der Waals surface area contributed by atoms with E-state index in [0.717, 1.165) is 25.7 Å². The summed E-state index contributed by atoms with van der Waals surface area (Å²) < 4.78 is 0. The lowest BCUT2D eigenvalue weighted by Crippen LogP contribution is -2.33. The Morgan fingerprint density at radius 3 is 2.18 bits per heavy atom. The number of aryl methyl sites for hydroxylation is 1. The number of imide groups is 1. The van der Waals surface area contributed by atoms with Crippen molar-refractivity contribution in [2.24, 2.45) is 0 Å². The lowest BCUT2D eigenvalue weighted by molar-refractivity contribution is -0.139. The van der Waals surface area contributed by atoms with Crippen LogP contribution in [0.25, 0.3) is 0 Å². The van der Waals surface area contributed by atoms with Crippen LogP contribution in [0.5, 0.6) is 0 Å². The summed E-state index contributed by atoms with van der Waals surface area (Å²) in [5.74, 6) is 0.166. The molecule has 0 saturated carbocycles. The minimum Gasteiger partial charge on any atom is -0.269 e. The number of nitrogens with zero attached hydrogens (tertiary/aromatic N) is 1. The maximum absolute atomic E-state index is 12.4. The highest BCUT2D eigenvalue weighted by Crippen LogP contribution is 2.49. The molecule has 0 N–H and O–H groups in total. The van der Waals surface area contributed by atoms with Crippen LogP contribution in [0.2, 0.25) is 0 Å².